The van der Waals surface area contributed by atoms with Crippen LogP contribution < -0.4 is 5.32 Å². The lowest BCUT2D eigenvalue weighted by Crippen LogP contribution is -2.61. The molecule has 0 aromatic heterocycles. The lowest BCUT2D eigenvalue weighted by atomic mass is 9.94. The van der Waals surface area contributed by atoms with Gasteiger partial charge in [0.1, 0.15) is 6.61 Å². The Balaban J connectivity index is 1.37. The Kier molecular flexibility index (Phi) is 6.49. The number of carbonyl (C=O) groups is 3. The molecule has 1 atom stereocenters. The highest BCUT2D eigenvalue weighted by molar-refractivity contribution is 5.87. The number of hydrogen-bond donors (Lipinski definition) is 2. The van der Waals surface area contributed by atoms with Gasteiger partial charge < -0.3 is 20.1 Å². The van der Waals surface area contributed by atoms with E-state index in [0.717, 1.165) is 27.2 Å². The number of nitrogens with zero attached hydrogens (tertiary/aromatic N) is 1. The summed E-state index contributed by atoms with van der Waals surface area (Å²) in [5.41, 5.74) is 3.78. The van der Waals surface area contributed by atoms with Gasteiger partial charge in [-0.05, 0) is 34.6 Å². The summed E-state index contributed by atoms with van der Waals surface area (Å²) in [7, 11) is 0. The summed E-state index contributed by atoms with van der Waals surface area (Å²) >= 11 is 0. The topological polar surface area (TPSA) is 95.9 Å². The molecule has 34 heavy (non-hydrogen) atoms. The third-order valence-electron chi connectivity index (χ3n) is 6.22. The molecule has 1 unspecified atom stereocenters. The Hall–Kier alpha value is -3.56. The molecule has 0 saturated carbocycles. The van der Waals surface area contributed by atoms with Crippen molar-refractivity contribution in [2.45, 2.75) is 31.0 Å². The zero-order valence-electron chi connectivity index (χ0n) is 18.0. The number of likely N-dealkylation sites (tertiary alicyclic amines) is 1. The molecule has 1 heterocycles. The third-order valence-corrected chi connectivity index (χ3v) is 6.22. The van der Waals surface area contributed by atoms with Crippen LogP contribution in [-0.2, 0) is 14.3 Å². The lowest BCUT2D eigenvalue weighted by Gasteiger charge is -2.41. The van der Waals surface area contributed by atoms with Gasteiger partial charge in [0, 0.05) is 25.4 Å². The SMILES string of the molecule is O=C(O)CCC1CN(C(=O)C(NC(=O)OCC2c3ccccc3-c3ccccc32)C(F)(F)F)C1. The fourth-order valence-electron chi connectivity index (χ4n) is 4.48. The summed E-state index contributed by atoms with van der Waals surface area (Å²) < 4.78 is 45.8. The largest absolute Gasteiger partial charge is 0.481 e. The number of nitrogens with one attached hydrogen (secondary N) is 1. The van der Waals surface area contributed by atoms with Crippen LogP contribution in [-0.4, -0.2) is 59.9 Å². The number of carboxylic acids is 1. The number of hydrogen-bond acceptors (Lipinski definition) is 4. The van der Waals surface area contributed by atoms with Crippen molar-refractivity contribution in [3.63, 3.8) is 0 Å². The highest BCUT2D eigenvalue weighted by Gasteiger charge is 2.50. The molecule has 0 spiro atoms. The first-order valence-corrected chi connectivity index (χ1v) is 10.8. The smallest absolute Gasteiger partial charge is 0.417 e. The summed E-state index contributed by atoms with van der Waals surface area (Å²) in [6, 6.07) is 12.3. The van der Waals surface area contributed by atoms with Crippen LogP contribution >= 0.6 is 0 Å². The van der Waals surface area contributed by atoms with Crippen LogP contribution in [0.4, 0.5) is 18.0 Å². The number of carboxylic acid groups (broad SMARTS) is 1. The summed E-state index contributed by atoms with van der Waals surface area (Å²) in [5.74, 6) is -2.80. The van der Waals surface area contributed by atoms with Gasteiger partial charge in [0.05, 0.1) is 0 Å². The van der Waals surface area contributed by atoms with Gasteiger partial charge in [0.2, 0.25) is 6.04 Å². The van der Waals surface area contributed by atoms with Crippen molar-refractivity contribution in [3.05, 3.63) is 59.7 Å². The van der Waals surface area contributed by atoms with E-state index >= 15 is 0 Å². The Labute approximate surface area is 193 Å². The van der Waals surface area contributed by atoms with Crippen LogP contribution in [0.25, 0.3) is 11.1 Å². The molecule has 4 rings (SSSR count). The van der Waals surface area contributed by atoms with Gasteiger partial charge in [0.15, 0.2) is 0 Å². The molecule has 2 amide bonds. The van der Waals surface area contributed by atoms with E-state index in [1.165, 1.54) is 0 Å². The fraction of sp³-hybridized carbons (Fsp3) is 0.375. The number of amides is 2. The van der Waals surface area contributed by atoms with Crippen LogP contribution in [0.2, 0.25) is 0 Å². The Morgan fingerprint density at radius 3 is 2.12 bits per heavy atom. The van der Waals surface area contributed by atoms with Crippen LogP contribution in [0.1, 0.15) is 29.9 Å². The molecule has 10 heteroatoms. The third kappa shape index (κ3) is 4.85. The van der Waals surface area contributed by atoms with Crippen molar-refractivity contribution >= 4 is 18.0 Å². The number of benzene rings is 2. The molecule has 0 radical (unpaired) electrons. The predicted octanol–water partition coefficient (Wildman–Crippen LogP) is 3.78. The van der Waals surface area contributed by atoms with Crippen LogP contribution in [0.3, 0.4) is 0 Å². The minimum absolute atomic E-state index is 0.0189. The van der Waals surface area contributed by atoms with Crippen LogP contribution in [0.5, 0.6) is 0 Å². The first kappa shape index (κ1) is 23.6. The summed E-state index contributed by atoms with van der Waals surface area (Å²) in [5, 5.41) is 10.4. The van der Waals surface area contributed by atoms with Crippen molar-refractivity contribution in [3.8, 4) is 11.1 Å². The van der Waals surface area contributed by atoms with E-state index in [2.05, 4.69) is 0 Å². The maximum atomic E-state index is 13.5. The fourth-order valence-corrected chi connectivity index (χ4v) is 4.48. The summed E-state index contributed by atoms with van der Waals surface area (Å²) in [4.78, 5) is 36.3. The number of carbonyl (C=O) groups excluding carboxylic acids is 2. The van der Waals surface area contributed by atoms with Crippen LogP contribution in [0.15, 0.2) is 48.5 Å². The van der Waals surface area contributed by atoms with Crippen molar-refractivity contribution < 1.29 is 37.4 Å². The van der Waals surface area contributed by atoms with E-state index in [1.54, 1.807) is 5.32 Å². The van der Waals surface area contributed by atoms with Crippen molar-refractivity contribution in [2.75, 3.05) is 19.7 Å². The molecular weight excluding hydrogens is 453 g/mol. The average Bonchev–Trinajstić information content (AvgIpc) is 3.07. The Bertz CT molecular complexity index is 1050. The monoisotopic (exact) mass is 476 g/mol. The molecule has 1 fully saturated rings. The highest BCUT2D eigenvalue weighted by atomic mass is 19.4. The number of halogens is 3. The van der Waals surface area contributed by atoms with Crippen molar-refractivity contribution in [1.29, 1.82) is 0 Å². The molecule has 7 nitrogen and oxygen atoms in total. The molecule has 2 aliphatic rings. The molecule has 2 aromatic carbocycles. The van der Waals surface area contributed by atoms with E-state index < -0.39 is 30.2 Å². The molecule has 180 valence electrons. The van der Waals surface area contributed by atoms with Crippen molar-refractivity contribution in [1.82, 2.24) is 10.2 Å². The second kappa shape index (κ2) is 9.36. The maximum Gasteiger partial charge on any atom is 0.417 e. The van der Waals surface area contributed by atoms with E-state index in [9.17, 15) is 27.6 Å². The lowest BCUT2D eigenvalue weighted by molar-refractivity contribution is -0.178. The first-order valence-electron chi connectivity index (χ1n) is 10.8. The van der Waals surface area contributed by atoms with Gasteiger partial charge in [0.25, 0.3) is 5.91 Å². The molecule has 1 saturated heterocycles. The quantitative estimate of drug-likeness (QED) is 0.634. The number of alkyl halides is 3. The number of ether oxygens (including phenoxy) is 1. The zero-order valence-corrected chi connectivity index (χ0v) is 18.0. The first-order chi connectivity index (χ1) is 16.1. The number of aliphatic carboxylic acids is 1. The Morgan fingerprint density at radius 2 is 1.59 bits per heavy atom. The predicted molar refractivity (Wildman–Crippen MR) is 115 cm³/mol. The van der Waals surface area contributed by atoms with Gasteiger partial charge in [-0.2, -0.15) is 13.2 Å². The summed E-state index contributed by atoms with van der Waals surface area (Å²) in [6.45, 7) is -0.143. The normalized spacial score (nSPS) is 16.3. The molecule has 0 bridgehead atoms. The maximum absolute atomic E-state index is 13.5. The molecule has 2 aromatic rings. The van der Waals surface area contributed by atoms with Crippen LogP contribution in [0, 0.1) is 5.92 Å². The molecular formula is C24H23F3N2O5. The van der Waals surface area contributed by atoms with E-state index in [1.807, 2.05) is 48.5 Å². The van der Waals surface area contributed by atoms with Gasteiger partial charge >= 0.3 is 18.2 Å². The number of fused-ring (bicyclic) bond motifs is 3. The minimum Gasteiger partial charge on any atom is -0.481 e. The molecule has 1 aliphatic heterocycles. The summed E-state index contributed by atoms with van der Waals surface area (Å²) in [6.07, 6.45) is -6.18. The second-order valence-electron chi connectivity index (χ2n) is 8.49. The van der Waals surface area contributed by atoms with Gasteiger partial charge in [-0.15, -0.1) is 0 Å². The van der Waals surface area contributed by atoms with E-state index in [-0.39, 0.29) is 44.4 Å². The van der Waals surface area contributed by atoms with E-state index in [0.29, 0.717) is 0 Å². The number of rotatable bonds is 7. The van der Waals surface area contributed by atoms with Gasteiger partial charge in [-0.3, -0.25) is 9.59 Å². The molecule has 1 aliphatic carbocycles. The minimum atomic E-state index is -5.01. The highest BCUT2D eigenvalue weighted by Crippen LogP contribution is 2.44. The average molecular weight is 476 g/mol. The molecule has 2 N–H and O–H groups in total. The van der Waals surface area contributed by atoms with E-state index in [4.69, 9.17) is 9.84 Å². The Morgan fingerprint density at radius 1 is 1.03 bits per heavy atom. The second-order valence-corrected chi connectivity index (χ2v) is 8.49. The zero-order chi connectivity index (χ0) is 24.5. The van der Waals surface area contributed by atoms with Gasteiger partial charge in [-0.1, -0.05) is 48.5 Å². The van der Waals surface area contributed by atoms with Gasteiger partial charge in [-0.25, -0.2) is 4.79 Å². The standard InChI is InChI=1S/C24H23F3N2O5/c25-24(26,27)21(22(32)29-11-14(12-29)9-10-20(30)31)28-23(33)34-13-19-17-7-3-1-5-15(17)16-6-2-4-8-18(16)19/h1-8,14,19,21H,9-13H2,(H,28,33)(H,30,31). The van der Waals surface area contributed by atoms with Crippen molar-refractivity contribution in [2.24, 2.45) is 5.92 Å². The number of alkyl carbamates (subject to hydrolysis) is 1.